The van der Waals surface area contributed by atoms with E-state index >= 15 is 0 Å². The van der Waals surface area contributed by atoms with E-state index in [1.54, 1.807) is 30.3 Å². The number of carbonyl (C=O) groups is 1. The number of hydrogen-bond acceptors (Lipinski definition) is 5. The van der Waals surface area contributed by atoms with Gasteiger partial charge >= 0.3 is 0 Å². The summed E-state index contributed by atoms with van der Waals surface area (Å²) in [6.45, 7) is 0. The molecule has 9 heteroatoms. The van der Waals surface area contributed by atoms with Crippen molar-refractivity contribution in [2.24, 2.45) is 0 Å². The van der Waals surface area contributed by atoms with Crippen LogP contribution in [0.2, 0.25) is 0 Å². The van der Waals surface area contributed by atoms with E-state index in [4.69, 9.17) is 0 Å². The zero-order valence-electron chi connectivity index (χ0n) is 16.5. The van der Waals surface area contributed by atoms with Gasteiger partial charge in [-0.1, -0.05) is 42.5 Å². The van der Waals surface area contributed by atoms with E-state index in [1.165, 1.54) is 36.4 Å². The Morgan fingerprint density at radius 1 is 0.839 bits per heavy atom. The summed E-state index contributed by atoms with van der Waals surface area (Å²) in [5.74, 6) is -2.00. The summed E-state index contributed by atoms with van der Waals surface area (Å²) in [6.07, 6.45) is 1.18. The van der Waals surface area contributed by atoms with Gasteiger partial charge in [0.2, 0.25) is 5.91 Å². The molecule has 6 nitrogen and oxygen atoms in total. The molecule has 0 aliphatic heterocycles. The largest absolute Gasteiger partial charge is 0.273 e. The molecule has 0 heterocycles. The number of rotatable bonds is 7. The molecule has 0 saturated heterocycles. The minimum atomic E-state index is -4.23. The molecule has 0 spiro atoms. The standard InChI is InChI=1S/C22H20FNO5S2/c1-30(26,27)19-11-13-20(14-12-19)31(28,29)24-22(25)21(17-5-3-2-4-6-17)15-16-7-9-18(23)10-8-16/h2-14,21H,15H2,1H3,(H,24,25). The first-order chi connectivity index (χ1) is 14.6. The SMILES string of the molecule is CS(=O)(=O)c1ccc(S(=O)(=O)NC(=O)C(Cc2ccc(F)cc2)c2ccccc2)cc1. The normalized spacial score (nSPS) is 12.8. The lowest BCUT2D eigenvalue weighted by molar-refractivity contribution is -0.120. The fraction of sp³-hybridized carbons (Fsp3) is 0.136. The van der Waals surface area contributed by atoms with Crippen molar-refractivity contribution in [3.63, 3.8) is 0 Å². The Kier molecular flexibility index (Phi) is 6.56. The smallest absolute Gasteiger partial charge is 0.264 e. The molecule has 0 bridgehead atoms. The number of halogens is 1. The molecule has 3 aromatic carbocycles. The van der Waals surface area contributed by atoms with Crippen molar-refractivity contribution in [3.05, 3.63) is 95.8 Å². The molecule has 3 rings (SSSR count). The van der Waals surface area contributed by atoms with Crippen LogP contribution in [-0.2, 0) is 31.1 Å². The highest BCUT2D eigenvalue weighted by Gasteiger charge is 2.26. The van der Waals surface area contributed by atoms with Crippen molar-refractivity contribution in [1.29, 1.82) is 0 Å². The molecule has 0 fully saturated rings. The lowest BCUT2D eigenvalue weighted by Crippen LogP contribution is -2.35. The Morgan fingerprint density at radius 2 is 1.39 bits per heavy atom. The molecule has 31 heavy (non-hydrogen) atoms. The van der Waals surface area contributed by atoms with Crippen LogP contribution in [0.4, 0.5) is 4.39 Å². The maximum absolute atomic E-state index is 13.2. The van der Waals surface area contributed by atoms with Gasteiger partial charge in [-0.2, -0.15) is 0 Å². The van der Waals surface area contributed by atoms with Gasteiger partial charge in [-0.15, -0.1) is 0 Å². The molecule has 1 N–H and O–H groups in total. The van der Waals surface area contributed by atoms with E-state index < -0.39 is 37.5 Å². The quantitative estimate of drug-likeness (QED) is 0.583. The molecule has 162 valence electrons. The molecule has 0 saturated carbocycles. The second-order valence-corrected chi connectivity index (χ2v) is 10.7. The summed E-state index contributed by atoms with van der Waals surface area (Å²) < 4.78 is 63.8. The molecule has 1 amide bonds. The monoisotopic (exact) mass is 461 g/mol. The van der Waals surface area contributed by atoms with Crippen molar-refractivity contribution in [2.45, 2.75) is 22.1 Å². The highest BCUT2D eigenvalue weighted by Crippen LogP contribution is 2.23. The summed E-state index contributed by atoms with van der Waals surface area (Å²) >= 11 is 0. The highest BCUT2D eigenvalue weighted by molar-refractivity contribution is 7.91. The van der Waals surface area contributed by atoms with Crippen LogP contribution in [0.3, 0.4) is 0 Å². The Morgan fingerprint density at radius 3 is 1.94 bits per heavy atom. The van der Waals surface area contributed by atoms with E-state index in [2.05, 4.69) is 4.72 Å². The van der Waals surface area contributed by atoms with Crippen LogP contribution in [0.25, 0.3) is 0 Å². The van der Waals surface area contributed by atoms with Gasteiger partial charge in [-0.25, -0.2) is 25.9 Å². The zero-order chi connectivity index (χ0) is 22.6. The topological polar surface area (TPSA) is 97.4 Å². The van der Waals surface area contributed by atoms with E-state index in [9.17, 15) is 26.0 Å². The van der Waals surface area contributed by atoms with Crippen LogP contribution < -0.4 is 4.72 Å². The Hall–Kier alpha value is -3.04. The first-order valence-electron chi connectivity index (χ1n) is 9.22. The number of sulfone groups is 1. The van der Waals surface area contributed by atoms with Gasteiger partial charge in [0, 0.05) is 6.26 Å². The maximum Gasteiger partial charge on any atom is 0.264 e. The van der Waals surface area contributed by atoms with Gasteiger partial charge in [0.05, 0.1) is 15.7 Å². The van der Waals surface area contributed by atoms with Gasteiger partial charge in [0.1, 0.15) is 5.82 Å². The molecular formula is C22H20FNO5S2. The number of benzene rings is 3. The molecule has 1 unspecified atom stereocenters. The Labute approximate surface area is 180 Å². The third-order valence-electron chi connectivity index (χ3n) is 4.67. The van der Waals surface area contributed by atoms with Gasteiger partial charge in [0.15, 0.2) is 9.84 Å². The van der Waals surface area contributed by atoms with E-state index in [1.807, 2.05) is 0 Å². The summed E-state index contributed by atoms with van der Waals surface area (Å²) in [5, 5.41) is 0. The zero-order valence-corrected chi connectivity index (χ0v) is 18.2. The number of nitrogens with one attached hydrogen (secondary N) is 1. The lowest BCUT2D eigenvalue weighted by atomic mass is 9.91. The van der Waals surface area contributed by atoms with Crippen LogP contribution in [0.15, 0.2) is 88.7 Å². The van der Waals surface area contributed by atoms with E-state index in [-0.39, 0.29) is 16.2 Å². The fourth-order valence-electron chi connectivity index (χ4n) is 3.03. The van der Waals surface area contributed by atoms with E-state index in [0.29, 0.717) is 11.1 Å². The second kappa shape index (κ2) is 8.99. The molecule has 0 aliphatic carbocycles. The number of hydrogen-bond donors (Lipinski definition) is 1. The Balaban J connectivity index is 1.87. The molecular weight excluding hydrogens is 441 g/mol. The molecule has 1 atom stereocenters. The average molecular weight is 462 g/mol. The highest BCUT2D eigenvalue weighted by atomic mass is 32.2. The van der Waals surface area contributed by atoms with Crippen molar-refractivity contribution < 1.29 is 26.0 Å². The van der Waals surface area contributed by atoms with Crippen LogP contribution in [0, 0.1) is 5.82 Å². The molecule has 0 radical (unpaired) electrons. The van der Waals surface area contributed by atoms with Crippen molar-refractivity contribution >= 4 is 25.8 Å². The van der Waals surface area contributed by atoms with Crippen LogP contribution in [-0.4, -0.2) is 29.0 Å². The fourth-order valence-corrected chi connectivity index (χ4v) is 4.68. The third-order valence-corrected chi connectivity index (χ3v) is 7.16. The molecule has 0 aliphatic rings. The molecule has 0 aromatic heterocycles. The van der Waals surface area contributed by atoms with Gasteiger partial charge in [-0.3, -0.25) is 4.79 Å². The van der Waals surface area contributed by atoms with Gasteiger partial charge < -0.3 is 0 Å². The number of carbonyl (C=O) groups excluding carboxylic acids is 1. The van der Waals surface area contributed by atoms with Crippen LogP contribution >= 0.6 is 0 Å². The summed E-state index contributed by atoms with van der Waals surface area (Å²) in [6, 6.07) is 18.9. The first kappa shape index (κ1) is 22.6. The average Bonchev–Trinajstić information content (AvgIpc) is 2.73. The van der Waals surface area contributed by atoms with Crippen molar-refractivity contribution in [2.75, 3.05) is 6.26 Å². The minimum Gasteiger partial charge on any atom is -0.273 e. The van der Waals surface area contributed by atoms with Gasteiger partial charge in [0.25, 0.3) is 10.0 Å². The number of sulfonamides is 1. The summed E-state index contributed by atoms with van der Waals surface area (Å²) in [5.41, 5.74) is 1.27. The van der Waals surface area contributed by atoms with E-state index in [0.717, 1.165) is 18.4 Å². The van der Waals surface area contributed by atoms with Crippen molar-refractivity contribution in [1.82, 2.24) is 4.72 Å². The third kappa shape index (κ3) is 5.77. The Bertz CT molecular complexity index is 1270. The molecule has 3 aromatic rings. The second-order valence-electron chi connectivity index (χ2n) is 7.01. The summed E-state index contributed by atoms with van der Waals surface area (Å²) in [4.78, 5) is 12.7. The predicted molar refractivity (Wildman–Crippen MR) is 114 cm³/mol. The van der Waals surface area contributed by atoms with Crippen LogP contribution in [0.5, 0.6) is 0 Å². The first-order valence-corrected chi connectivity index (χ1v) is 12.6. The minimum absolute atomic E-state index is 0.0313. The lowest BCUT2D eigenvalue weighted by Gasteiger charge is -2.18. The summed E-state index contributed by atoms with van der Waals surface area (Å²) in [7, 11) is -7.71. The van der Waals surface area contributed by atoms with Gasteiger partial charge in [-0.05, 0) is 53.9 Å². The number of amides is 1. The predicted octanol–water partition coefficient (Wildman–Crippen LogP) is 3.06. The maximum atomic E-state index is 13.2. The van der Waals surface area contributed by atoms with Crippen LogP contribution in [0.1, 0.15) is 17.0 Å². The van der Waals surface area contributed by atoms with Crippen molar-refractivity contribution in [3.8, 4) is 0 Å².